The van der Waals surface area contributed by atoms with E-state index in [1.165, 1.54) is 6.26 Å². The number of nitrogens with zero attached hydrogens (tertiary/aromatic N) is 1. The number of hydrogen-bond donors (Lipinski definition) is 3. The molecule has 29 heavy (non-hydrogen) atoms. The van der Waals surface area contributed by atoms with Gasteiger partial charge in [-0.15, -0.1) is 24.0 Å². The zero-order valence-electron chi connectivity index (χ0n) is 17.4. The summed E-state index contributed by atoms with van der Waals surface area (Å²) >= 11 is 0. The van der Waals surface area contributed by atoms with Crippen LogP contribution in [-0.2, 0) is 22.0 Å². The molecule has 3 N–H and O–H groups in total. The van der Waals surface area contributed by atoms with Crippen LogP contribution in [0.3, 0.4) is 0 Å². The van der Waals surface area contributed by atoms with Gasteiger partial charge in [0.15, 0.2) is 15.8 Å². The van der Waals surface area contributed by atoms with Crippen molar-refractivity contribution < 1.29 is 17.9 Å². The lowest BCUT2D eigenvalue weighted by Crippen LogP contribution is -2.44. The predicted octanol–water partition coefficient (Wildman–Crippen LogP) is 2.88. The monoisotopic (exact) mass is 535 g/mol. The Labute approximate surface area is 189 Å². The van der Waals surface area contributed by atoms with Crippen molar-refractivity contribution in [1.82, 2.24) is 10.6 Å². The van der Waals surface area contributed by atoms with E-state index in [0.29, 0.717) is 24.8 Å². The smallest absolute Gasteiger partial charge is 0.191 e. The number of nitrogens with one attached hydrogen (secondary N) is 2. The van der Waals surface area contributed by atoms with Crippen LogP contribution in [0.25, 0.3) is 0 Å². The SMILES string of the molecule is CCNC(=NCc1ccc(S(C)(=O)=O)cc1)NCC(C)(O)c1cc(C)oc1C.I. The van der Waals surface area contributed by atoms with E-state index in [4.69, 9.17) is 4.42 Å². The third-order valence-corrected chi connectivity index (χ3v) is 5.47. The van der Waals surface area contributed by atoms with Crippen molar-refractivity contribution in [3.05, 3.63) is 53.0 Å². The molecule has 1 unspecified atom stereocenters. The summed E-state index contributed by atoms with van der Waals surface area (Å²) < 4.78 is 28.6. The topological polar surface area (TPSA) is 104 Å². The highest BCUT2D eigenvalue weighted by molar-refractivity contribution is 14.0. The van der Waals surface area contributed by atoms with E-state index in [0.717, 1.165) is 16.9 Å². The van der Waals surface area contributed by atoms with Gasteiger partial charge in [0.25, 0.3) is 0 Å². The highest BCUT2D eigenvalue weighted by Crippen LogP contribution is 2.26. The van der Waals surface area contributed by atoms with Crippen LogP contribution in [0.1, 0.15) is 36.5 Å². The van der Waals surface area contributed by atoms with E-state index in [2.05, 4.69) is 15.6 Å². The molecule has 0 aliphatic carbocycles. The molecule has 0 amide bonds. The number of furan rings is 1. The van der Waals surface area contributed by atoms with Gasteiger partial charge >= 0.3 is 0 Å². The van der Waals surface area contributed by atoms with Crippen LogP contribution >= 0.6 is 24.0 Å². The molecule has 1 aromatic carbocycles. The summed E-state index contributed by atoms with van der Waals surface area (Å²) in [7, 11) is -3.21. The molecule has 1 aromatic heterocycles. The highest BCUT2D eigenvalue weighted by atomic mass is 127. The summed E-state index contributed by atoms with van der Waals surface area (Å²) in [5.74, 6) is 2.01. The average Bonchev–Trinajstić information content (AvgIpc) is 2.96. The van der Waals surface area contributed by atoms with Crippen molar-refractivity contribution in [1.29, 1.82) is 0 Å². The van der Waals surface area contributed by atoms with E-state index < -0.39 is 15.4 Å². The fraction of sp³-hybridized carbons (Fsp3) is 0.450. The van der Waals surface area contributed by atoms with Crippen LogP contribution in [0.5, 0.6) is 0 Å². The zero-order chi connectivity index (χ0) is 20.9. The van der Waals surface area contributed by atoms with Crippen LogP contribution in [0, 0.1) is 13.8 Å². The van der Waals surface area contributed by atoms with Crippen molar-refractivity contribution >= 4 is 39.8 Å². The summed E-state index contributed by atoms with van der Waals surface area (Å²) in [4.78, 5) is 4.79. The van der Waals surface area contributed by atoms with Gasteiger partial charge in [-0.05, 0) is 51.5 Å². The first-order chi connectivity index (χ1) is 13.0. The average molecular weight is 535 g/mol. The summed E-state index contributed by atoms with van der Waals surface area (Å²) in [6.07, 6.45) is 1.18. The predicted molar refractivity (Wildman–Crippen MR) is 126 cm³/mol. The van der Waals surface area contributed by atoms with Gasteiger partial charge in [0.1, 0.15) is 17.1 Å². The molecule has 162 valence electrons. The van der Waals surface area contributed by atoms with Crippen LogP contribution in [0.15, 0.2) is 44.6 Å². The maximum Gasteiger partial charge on any atom is 0.191 e. The zero-order valence-corrected chi connectivity index (χ0v) is 20.6. The largest absolute Gasteiger partial charge is 0.466 e. The Morgan fingerprint density at radius 2 is 1.83 bits per heavy atom. The Morgan fingerprint density at radius 3 is 2.31 bits per heavy atom. The second kappa shape index (κ2) is 10.4. The molecule has 0 radical (unpaired) electrons. The maximum absolute atomic E-state index is 11.5. The maximum atomic E-state index is 11.5. The Morgan fingerprint density at radius 1 is 1.21 bits per heavy atom. The molecular formula is C20H30IN3O4S. The second-order valence-corrected chi connectivity index (χ2v) is 9.08. The molecule has 1 atom stereocenters. The van der Waals surface area contributed by atoms with Gasteiger partial charge < -0.3 is 20.2 Å². The minimum Gasteiger partial charge on any atom is -0.466 e. The Hall–Kier alpha value is -1.59. The molecule has 0 spiro atoms. The fourth-order valence-corrected chi connectivity index (χ4v) is 3.50. The van der Waals surface area contributed by atoms with Crippen molar-refractivity contribution in [2.45, 2.75) is 44.7 Å². The molecule has 0 aliphatic rings. The van der Waals surface area contributed by atoms with Gasteiger partial charge in [-0.2, -0.15) is 0 Å². The third kappa shape index (κ3) is 7.31. The molecule has 7 nitrogen and oxygen atoms in total. The summed E-state index contributed by atoms with van der Waals surface area (Å²) in [5, 5.41) is 17.1. The van der Waals surface area contributed by atoms with E-state index in [1.54, 1.807) is 31.2 Å². The molecule has 0 aliphatic heterocycles. The van der Waals surface area contributed by atoms with E-state index in [-0.39, 0.29) is 35.4 Å². The number of hydrogen-bond acceptors (Lipinski definition) is 5. The Kier molecular flexibility index (Phi) is 9.16. The lowest BCUT2D eigenvalue weighted by Gasteiger charge is -2.24. The van der Waals surface area contributed by atoms with E-state index in [9.17, 15) is 13.5 Å². The van der Waals surface area contributed by atoms with Crippen LogP contribution in [0.2, 0.25) is 0 Å². The van der Waals surface area contributed by atoms with Crippen LogP contribution in [0.4, 0.5) is 0 Å². The second-order valence-electron chi connectivity index (χ2n) is 7.07. The van der Waals surface area contributed by atoms with Crippen molar-refractivity contribution in [2.75, 3.05) is 19.3 Å². The number of aryl methyl sites for hydroxylation is 2. The van der Waals surface area contributed by atoms with Gasteiger partial charge in [0.2, 0.25) is 0 Å². The standard InChI is InChI=1S/C20H29N3O4S.HI/c1-6-21-19(22-12-16-7-9-17(10-8-16)28(5,25)26)23-13-20(4,24)18-11-14(2)27-15(18)3;/h7-11,24H,6,12-13H2,1-5H3,(H2,21,22,23);1H. The minimum atomic E-state index is -3.21. The minimum absolute atomic E-state index is 0. The van der Waals surface area contributed by atoms with Gasteiger partial charge in [0, 0.05) is 18.4 Å². The lowest BCUT2D eigenvalue weighted by atomic mass is 9.96. The van der Waals surface area contributed by atoms with E-state index in [1.807, 2.05) is 26.8 Å². The van der Waals surface area contributed by atoms with Gasteiger partial charge in [-0.3, -0.25) is 0 Å². The number of rotatable bonds is 7. The van der Waals surface area contributed by atoms with Crippen molar-refractivity contribution in [3.8, 4) is 0 Å². The molecular weight excluding hydrogens is 505 g/mol. The normalized spacial score (nSPS) is 14.1. The first-order valence-corrected chi connectivity index (χ1v) is 11.0. The summed E-state index contributed by atoms with van der Waals surface area (Å²) in [6, 6.07) is 8.49. The van der Waals surface area contributed by atoms with Crippen molar-refractivity contribution in [2.24, 2.45) is 4.99 Å². The van der Waals surface area contributed by atoms with Crippen LogP contribution in [-0.4, -0.2) is 38.8 Å². The Balaban J connectivity index is 0.00000420. The lowest BCUT2D eigenvalue weighted by molar-refractivity contribution is 0.0601. The molecule has 2 rings (SSSR count). The third-order valence-electron chi connectivity index (χ3n) is 4.34. The van der Waals surface area contributed by atoms with Crippen molar-refractivity contribution in [3.63, 3.8) is 0 Å². The Bertz CT molecular complexity index is 935. The molecule has 0 fully saturated rings. The molecule has 1 heterocycles. The molecule has 9 heteroatoms. The molecule has 0 saturated carbocycles. The molecule has 0 saturated heterocycles. The number of aliphatic imine (C=N–C) groups is 1. The summed E-state index contributed by atoms with van der Waals surface area (Å²) in [6.45, 7) is 8.67. The number of sulfone groups is 1. The van der Waals surface area contributed by atoms with Gasteiger partial charge in [-0.1, -0.05) is 12.1 Å². The first-order valence-electron chi connectivity index (χ1n) is 9.14. The first kappa shape index (κ1) is 25.4. The van der Waals surface area contributed by atoms with E-state index >= 15 is 0 Å². The van der Waals surface area contributed by atoms with Gasteiger partial charge in [-0.25, -0.2) is 13.4 Å². The number of guanidine groups is 1. The molecule has 0 bridgehead atoms. The number of benzene rings is 1. The molecule has 2 aromatic rings. The number of halogens is 1. The number of aliphatic hydroxyl groups is 1. The quantitative estimate of drug-likeness (QED) is 0.286. The fourth-order valence-electron chi connectivity index (χ4n) is 2.87. The van der Waals surface area contributed by atoms with Gasteiger partial charge in [0.05, 0.1) is 18.0 Å². The summed E-state index contributed by atoms with van der Waals surface area (Å²) in [5.41, 5.74) is 0.511. The highest BCUT2D eigenvalue weighted by Gasteiger charge is 2.27. The van der Waals surface area contributed by atoms with Crippen LogP contribution < -0.4 is 10.6 Å².